The van der Waals surface area contributed by atoms with Crippen molar-refractivity contribution in [2.45, 2.75) is 30.5 Å². The van der Waals surface area contributed by atoms with E-state index in [1.54, 1.807) is 24.3 Å². The number of cyclic esters (lactones) is 1. The Labute approximate surface area is 179 Å². The van der Waals surface area contributed by atoms with E-state index in [-0.39, 0.29) is 27.3 Å². The van der Waals surface area contributed by atoms with Crippen molar-refractivity contribution in [3.63, 3.8) is 0 Å². The summed E-state index contributed by atoms with van der Waals surface area (Å²) in [6, 6.07) is 8.89. The molecule has 0 saturated carbocycles. The largest absolute Gasteiger partial charge is 0.450 e. The van der Waals surface area contributed by atoms with E-state index < -0.39 is 34.5 Å². The second kappa shape index (κ2) is 8.07. The van der Waals surface area contributed by atoms with Gasteiger partial charge in [-0.3, -0.25) is 0 Å². The summed E-state index contributed by atoms with van der Waals surface area (Å²) >= 11 is 3.27. The van der Waals surface area contributed by atoms with Crippen molar-refractivity contribution >= 4 is 31.7 Å². The zero-order chi connectivity index (χ0) is 22.3. The smallest absolute Gasteiger partial charge is 0.393 e. The molecule has 0 aromatic heterocycles. The van der Waals surface area contributed by atoms with Crippen LogP contribution in [0.3, 0.4) is 0 Å². The molecule has 0 fully saturated rings. The van der Waals surface area contributed by atoms with Crippen LogP contribution in [0.25, 0.3) is 0 Å². The highest BCUT2D eigenvalue weighted by Gasteiger charge is 2.35. The Morgan fingerprint density at radius 2 is 1.80 bits per heavy atom. The van der Waals surface area contributed by atoms with Gasteiger partial charge in [-0.2, -0.15) is 13.2 Å². The van der Waals surface area contributed by atoms with Crippen LogP contribution < -0.4 is 4.74 Å². The van der Waals surface area contributed by atoms with Gasteiger partial charge in [0.25, 0.3) is 0 Å². The summed E-state index contributed by atoms with van der Waals surface area (Å²) in [5.41, 5.74) is 0.0256. The lowest BCUT2D eigenvalue weighted by Crippen LogP contribution is -2.16. The zero-order valence-electron chi connectivity index (χ0n) is 15.8. The highest BCUT2D eigenvalue weighted by Crippen LogP contribution is 2.36. The summed E-state index contributed by atoms with van der Waals surface area (Å²) in [6.45, 7) is 1.47. The Morgan fingerprint density at radius 3 is 2.37 bits per heavy atom. The summed E-state index contributed by atoms with van der Waals surface area (Å²) < 4.78 is 74.7. The molecule has 1 aliphatic heterocycles. The van der Waals surface area contributed by atoms with Crippen LogP contribution in [0.2, 0.25) is 0 Å². The lowest BCUT2D eigenvalue weighted by Gasteiger charge is -2.18. The molecule has 160 valence electrons. The molecule has 2 aromatic carbocycles. The maximum atomic E-state index is 13.1. The third-order valence-electron chi connectivity index (χ3n) is 4.31. The first-order chi connectivity index (χ1) is 13.8. The van der Waals surface area contributed by atoms with E-state index in [4.69, 9.17) is 9.47 Å². The van der Waals surface area contributed by atoms with E-state index in [9.17, 15) is 26.4 Å². The third kappa shape index (κ3) is 5.23. The van der Waals surface area contributed by atoms with Gasteiger partial charge in [0.05, 0.1) is 11.3 Å². The topological polar surface area (TPSA) is 69.7 Å². The van der Waals surface area contributed by atoms with E-state index in [0.29, 0.717) is 5.75 Å². The molecule has 0 saturated heterocycles. The van der Waals surface area contributed by atoms with Gasteiger partial charge in [0.2, 0.25) is 5.76 Å². The molecule has 10 heteroatoms. The average molecular weight is 505 g/mol. The molecule has 2 aromatic rings. The maximum Gasteiger partial charge on any atom is 0.393 e. The number of ether oxygens (including phenoxy) is 2. The second-order valence-electron chi connectivity index (χ2n) is 6.79. The summed E-state index contributed by atoms with van der Waals surface area (Å²) in [6.07, 6.45) is -4.88. The van der Waals surface area contributed by atoms with Crippen molar-refractivity contribution in [2.24, 2.45) is 0 Å². The SMILES string of the molecule is Cc1cc([C@H]2C=C(Oc3ccc(Br)cc3)C(=O)O2)c(CC(F)(F)F)cc1S(C)(=O)=O. The highest BCUT2D eigenvalue weighted by molar-refractivity contribution is 9.10. The number of carbonyl (C=O) groups excluding carboxylic acids is 1. The van der Waals surface area contributed by atoms with Gasteiger partial charge in [0.15, 0.2) is 9.84 Å². The van der Waals surface area contributed by atoms with Crippen LogP contribution in [0.5, 0.6) is 5.75 Å². The predicted octanol–water partition coefficient (Wildman–Crippen LogP) is 4.83. The molecule has 0 amide bonds. The standard InChI is InChI=1S/C20H16BrF3O5S/c1-11-7-15(12(10-20(22,23)24)8-18(11)30(2,26)27)16-9-17(19(25)29-16)28-14-5-3-13(21)4-6-14/h3-9,16H,10H2,1-2H3/t16-/m1/s1. The van der Waals surface area contributed by atoms with E-state index in [0.717, 1.165) is 16.8 Å². The quantitative estimate of drug-likeness (QED) is 0.545. The minimum Gasteiger partial charge on any atom is -0.450 e. The molecule has 1 heterocycles. The van der Waals surface area contributed by atoms with Crippen molar-refractivity contribution < 1.29 is 35.9 Å². The van der Waals surface area contributed by atoms with Crippen molar-refractivity contribution in [3.05, 3.63) is 69.4 Å². The number of benzene rings is 2. The van der Waals surface area contributed by atoms with Crippen LogP contribution >= 0.6 is 15.9 Å². The number of hydrogen-bond donors (Lipinski definition) is 0. The van der Waals surface area contributed by atoms with Gasteiger partial charge in [-0.25, -0.2) is 13.2 Å². The summed E-state index contributed by atoms with van der Waals surface area (Å²) in [5, 5.41) is 0. The van der Waals surface area contributed by atoms with Crippen molar-refractivity contribution in [1.29, 1.82) is 0 Å². The predicted molar refractivity (Wildman–Crippen MR) is 106 cm³/mol. The van der Waals surface area contributed by atoms with Gasteiger partial charge in [-0.05, 0) is 48.4 Å². The lowest BCUT2D eigenvalue weighted by atomic mass is 9.97. The fourth-order valence-electron chi connectivity index (χ4n) is 3.06. The monoisotopic (exact) mass is 504 g/mol. The minimum absolute atomic E-state index is 0.0555. The van der Waals surface area contributed by atoms with Gasteiger partial charge in [0, 0.05) is 22.4 Å². The van der Waals surface area contributed by atoms with Gasteiger partial charge >= 0.3 is 12.1 Å². The van der Waals surface area contributed by atoms with Gasteiger partial charge in [0.1, 0.15) is 11.9 Å². The zero-order valence-corrected chi connectivity index (χ0v) is 18.2. The molecule has 0 bridgehead atoms. The first-order valence-corrected chi connectivity index (χ1v) is 11.3. The van der Waals surface area contributed by atoms with Crippen LogP contribution in [0.4, 0.5) is 13.2 Å². The fourth-order valence-corrected chi connectivity index (χ4v) is 4.32. The van der Waals surface area contributed by atoms with Gasteiger partial charge < -0.3 is 9.47 Å². The van der Waals surface area contributed by atoms with Crippen LogP contribution in [0.1, 0.15) is 22.8 Å². The molecule has 0 spiro atoms. The molecule has 5 nitrogen and oxygen atoms in total. The fraction of sp³-hybridized carbons (Fsp3) is 0.250. The normalized spacial score (nSPS) is 16.9. The van der Waals surface area contributed by atoms with E-state index in [1.165, 1.54) is 19.1 Å². The Hall–Kier alpha value is -2.33. The number of hydrogen-bond acceptors (Lipinski definition) is 5. The number of rotatable bonds is 5. The Balaban J connectivity index is 2.01. The molecule has 0 radical (unpaired) electrons. The van der Waals surface area contributed by atoms with Crippen molar-refractivity contribution in [3.8, 4) is 5.75 Å². The number of sulfone groups is 1. The third-order valence-corrected chi connectivity index (χ3v) is 6.08. The minimum atomic E-state index is -4.58. The van der Waals surface area contributed by atoms with Crippen LogP contribution in [0, 0.1) is 6.92 Å². The van der Waals surface area contributed by atoms with Gasteiger partial charge in [-0.15, -0.1) is 0 Å². The van der Waals surface area contributed by atoms with Crippen LogP contribution in [0.15, 0.2) is 57.6 Å². The Morgan fingerprint density at radius 1 is 1.17 bits per heavy atom. The average Bonchev–Trinajstić information content (AvgIpc) is 2.96. The summed E-state index contributed by atoms with van der Waals surface area (Å²) in [7, 11) is -3.74. The Bertz CT molecular complexity index is 1120. The molecule has 0 N–H and O–H groups in total. The number of alkyl halides is 3. The Kier molecular flexibility index (Phi) is 6.01. The van der Waals surface area contributed by atoms with Gasteiger partial charge in [-0.1, -0.05) is 22.0 Å². The maximum absolute atomic E-state index is 13.1. The van der Waals surface area contributed by atoms with E-state index >= 15 is 0 Å². The van der Waals surface area contributed by atoms with E-state index in [2.05, 4.69) is 15.9 Å². The molecule has 0 unspecified atom stereocenters. The number of carbonyl (C=O) groups is 1. The summed E-state index contributed by atoms with van der Waals surface area (Å²) in [5.74, 6) is -0.642. The lowest BCUT2D eigenvalue weighted by molar-refractivity contribution is -0.141. The van der Waals surface area contributed by atoms with Crippen molar-refractivity contribution in [1.82, 2.24) is 0 Å². The van der Waals surface area contributed by atoms with Crippen LogP contribution in [-0.2, 0) is 25.8 Å². The molecule has 1 aliphatic rings. The summed E-state index contributed by atoms with van der Waals surface area (Å²) in [4.78, 5) is 12.0. The molecule has 1 atom stereocenters. The number of aryl methyl sites for hydroxylation is 1. The molecule has 30 heavy (non-hydrogen) atoms. The van der Waals surface area contributed by atoms with Crippen LogP contribution in [-0.4, -0.2) is 26.8 Å². The molecular weight excluding hydrogens is 489 g/mol. The first-order valence-electron chi connectivity index (χ1n) is 8.60. The molecule has 3 rings (SSSR count). The molecular formula is C20H16BrF3O5S. The van der Waals surface area contributed by atoms with E-state index in [1.807, 2.05) is 0 Å². The first kappa shape index (κ1) is 22.4. The highest BCUT2D eigenvalue weighted by atomic mass is 79.9. The van der Waals surface area contributed by atoms with Crippen molar-refractivity contribution in [2.75, 3.05) is 6.26 Å². The second-order valence-corrected chi connectivity index (χ2v) is 9.69. The number of esters is 1. The molecule has 0 aliphatic carbocycles. The number of halogens is 4.